The van der Waals surface area contributed by atoms with Crippen LogP contribution in [0.3, 0.4) is 0 Å². The highest BCUT2D eigenvalue weighted by molar-refractivity contribution is 6.02. The molecule has 2 N–H and O–H groups in total. The van der Waals surface area contributed by atoms with Crippen LogP contribution < -0.4 is 10.1 Å². The largest absolute Gasteiger partial charge is 0.504 e. The summed E-state index contributed by atoms with van der Waals surface area (Å²) in [6.07, 6.45) is 2.54. The molecule has 0 aliphatic carbocycles. The maximum absolute atomic E-state index is 13.0. The van der Waals surface area contributed by atoms with Gasteiger partial charge in [-0.05, 0) is 26.3 Å². The van der Waals surface area contributed by atoms with Crippen LogP contribution in [0.1, 0.15) is 30.6 Å². The summed E-state index contributed by atoms with van der Waals surface area (Å²) in [4.78, 5) is 14.8. The molecule has 1 aromatic carbocycles. The molecule has 1 amide bonds. The molecular formula is C17H22N2O4. The summed E-state index contributed by atoms with van der Waals surface area (Å²) in [5.74, 6) is 0.212. The summed E-state index contributed by atoms with van der Waals surface area (Å²) in [7, 11) is 1.47. The number of fused-ring (bicyclic) bond motifs is 2. The Morgan fingerprint density at radius 2 is 2.26 bits per heavy atom. The predicted octanol–water partition coefficient (Wildman–Crippen LogP) is 2.35. The van der Waals surface area contributed by atoms with E-state index in [1.54, 1.807) is 6.07 Å². The Hall–Kier alpha value is -2.21. The first-order valence-electron chi connectivity index (χ1n) is 7.83. The van der Waals surface area contributed by atoms with E-state index in [-0.39, 0.29) is 29.7 Å². The lowest BCUT2D eigenvalue weighted by Crippen LogP contribution is -2.44. The maximum atomic E-state index is 13.0. The lowest BCUT2D eigenvalue weighted by molar-refractivity contribution is 0.0232. The van der Waals surface area contributed by atoms with Crippen LogP contribution in [0.5, 0.6) is 11.5 Å². The molecule has 2 atom stereocenters. The van der Waals surface area contributed by atoms with Gasteiger partial charge < -0.3 is 24.8 Å². The number of nitrogens with one attached hydrogen (secondary N) is 1. The molecule has 23 heavy (non-hydrogen) atoms. The fourth-order valence-corrected chi connectivity index (χ4v) is 3.25. The summed E-state index contributed by atoms with van der Waals surface area (Å²) in [5.41, 5.74) is 2.29. The molecule has 1 saturated heterocycles. The number of phenols is 1. The molecule has 0 radical (unpaired) electrons. The van der Waals surface area contributed by atoms with Gasteiger partial charge in [0.15, 0.2) is 11.5 Å². The molecule has 2 aliphatic rings. The Balaban J connectivity index is 2.07. The Kier molecular flexibility index (Phi) is 4.17. The fourth-order valence-electron chi connectivity index (χ4n) is 3.25. The lowest BCUT2D eigenvalue weighted by atomic mass is 10.1. The first kappa shape index (κ1) is 15.7. The van der Waals surface area contributed by atoms with Gasteiger partial charge in [-0.2, -0.15) is 0 Å². The van der Waals surface area contributed by atoms with E-state index in [1.807, 2.05) is 18.7 Å². The summed E-state index contributed by atoms with van der Waals surface area (Å²) in [5, 5.41) is 13.3. The minimum Gasteiger partial charge on any atom is -0.504 e. The molecule has 0 saturated carbocycles. The third-order valence-corrected chi connectivity index (χ3v) is 4.46. The van der Waals surface area contributed by atoms with Crippen LogP contribution in [0.15, 0.2) is 23.8 Å². The number of rotatable bonds is 3. The highest BCUT2D eigenvalue weighted by Crippen LogP contribution is 2.38. The van der Waals surface area contributed by atoms with Gasteiger partial charge in [0.2, 0.25) is 0 Å². The highest BCUT2D eigenvalue weighted by Gasteiger charge is 2.41. The molecule has 0 spiro atoms. The molecule has 2 aliphatic heterocycles. The summed E-state index contributed by atoms with van der Waals surface area (Å²) >= 11 is 0. The molecule has 1 aromatic rings. The van der Waals surface area contributed by atoms with Crippen molar-refractivity contribution in [3.05, 3.63) is 29.3 Å². The molecule has 2 unspecified atom stereocenters. The SMILES string of the molecule is CC=C1CC2C(OCC)Nc3cc(O)c(OC)cc3C(=O)N2C1. The number of nitrogens with zero attached hydrogens (tertiary/aromatic N) is 1. The second-order valence-electron chi connectivity index (χ2n) is 5.74. The van der Waals surface area contributed by atoms with Crippen LogP contribution in [0.25, 0.3) is 0 Å². The Labute approximate surface area is 135 Å². The number of carbonyl (C=O) groups excluding carboxylic acids is 1. The van der Waals surface area contributed by atoms with Crippen LogP contribution >= 0.6 is 0 Å². The van der Waals surface area contributed by atoms with Gasteiger partial charge in [-0.1, -0.05) is 11.6 Å². The Morgan fingerprint density at radius 3 is 2.91 bits per heavy atom. The number of phenolic OH excluding ortho intramolecular Hbond substituents is 1. The third kappa shape index (κ3) is 2.63. The zero-order valence-electron chi connectivity index (χ0n) is 13.6. The van der Waals surface area contributed by atoms with E-state index >= 15 is 0 Å². The minimum absolute atomic E-state index is 0.00185. The van der Waals surface area contributed by atoms with Gasteiger partial charge in [-0.3, -0.25) is 4.79 Å². The summed E-state index contributed by atoms with van der Waals surface area (Å²) in [6.45, 7) is 5.06. The monoisotopic (exact) mass is 318 g/mol. The first-order valence-corrected chi connectivity index (χ1v) is 7.83. The van der Waals surface area contributed by atoms with E-state index < -0.39 is 0 Å². The van der Waals surface area contributed by atoms with Gasteiger partial charge >= 0.3 is 0 Å². The van der Waals surface area contributed by atoms with Gasteiger partial charge in [0, 0.05) is 19.2 Å². The van der Waals surface area contributed by atoms with Crippen LogP contribution in [-0.2, 0) is 4.74 Å². The quantitative estimate of drug-likeness (QED) is 0.837. The average molecular weight is 318 g/mol. The molecule has 3 rings (SSSR count). The number of methoxy groups -OCH3 is 1. The van der Waals surface area contributed by atoms with Crippen molar-refractivity contribution in [1.82, 2.24) is 4.90 Å². The number of aromatic hydroxyl groups is 1. The van der Waals surface area contributed by atoms with Gasteiger partial charge in [0.1, 0.15) is 6.23 Å². The highest BCUT2D eigenvalue weighted by atomic mass is 16.5. The van der Waals surface area contributed by atoms with E-state index in [4.69, 9.17) is 9.47 Å². The molecule has 2 heterocycles. The first-order chi connectivity index (χ1) is 11.1. The van der Waals surface area contributed by atoms with Crippen molar-refractivity contribution >= 4 is 11.6 Å². The van der Waals surface area contributed by atoms with Crippen LogP contribution in [0, 0.1) is 0 Å². The third-order valence-electron chi connectivity index (χ3n) is 4.46. The normalized spacial score (nSPS) is 24.9. The zero-order chi connectivity index (χ0) is 16.6. The predicted molar refractivity (Wildman–Crippen MR) is 86.9 cm³/mol. The smallest absolute Gasteiger partial charge is 0.256 e. The fraction of sp³-hybridized carbons (Fsp3) is 0.471. The molecular weight excluding hydrogens is 296 g/mol. The van der Waals surface area contributed by atoms with E-state index in [9.17, 15) is 9.90 Å². The van der Waals surface area contributed by atoms with Gasteiger partial charge in [-0.15, -0.1) is 0 Å². The zero-order valence-corrected chi connectivity index (χ0v) is 13.6. The second kappa shape index (κ2) is 6.12. The number of carbonyl (C=O) groups is 1. The Bertz CT molecular complexity index is 656. The number of hydrogen-bond acceptors (Lipinski definition) is 5. The maximum Gasteiger partial charge on any atom is 0.256 e. The lowest BCUT2D eigenvalue weighted by Gasteiger charge is -2.28. The van der Waals surface area contributed by atoms with E-state index in [0.717, 1.165) is 6.42 Å². The average Bonchev–Trinajstić information content (AvgIpc) is 2.94. The minimum atomic E-state index is -0.310. The van der Waals surface area contributed by atoms with Crippen LogP contribution in [0.2, 0.25) is 0 Å². The van der Waals surface area contributed by atoms with Gasteiger partial charge in [0.25, 0.3) is 5.91 Å². The van der Waals surface area contributed by atoms with Crippen molar-refractivity contribution in [1.29, 1.82) is 0 Å². The Morgan fingerprint density at radius 1 is 1.48 bits per heavy atom. The van der Waals surface area contributed by atoms with Crippen molar-refractivity contribution in [3.8, 4) is 11.5 Å². The second-order valence-corrected chi connectivity index (χ2v) is 5.74. The number of benzene rings is 1. The standard InChI is InChI=1S/C17H22N2O4/c1-4-10-6-13-16(23-5-2)18-12-8-14(20)15(22-3)7-11(12)17(21)19(13)9-10/h4,7-8,13,16,18,20H,5-6,9H2,1-3H3. The molecule has 0 bridgehead atoms. The van der Waals surface area contributed by atoms with E-state index in [1.165, 1.54) is 18.7 Å². The number of ether oxygens (including phenoxy) is 2. The molecule has 0 aromatic heterocycles. The van der Waals surface area contributed by atoms with Crippen LogP contribution in [0.4, 0.5) is 5.69 Å². The number of amides is 1. The molecule has 124 valence electrons. The van der Waals surface area contributed by atoms with Crippen molar-refractivity contribution in [2.45, 2.75) is 32.5 Å². The van der Waals surface area contributed by atoms with Crippen molar-refractivity contribution < 1.29 is 19.4 Å². The number of hydrogen-bond donors (Lipinski definition) is 2. The van der Waals surface area contributed by atoms with Crippen molar-refractivity contribution in [3.63, 3.8) is 0 Å². The molecule has 1 fully saturated rings. The number of anilines is 1. The van der Waals surface area contributed by atoms with Crippen molar-refractivity contribution in [2.24, 2.45) is 0 Å². The van der Waals surface area contributed by atoms with Gasteiger partial charge in [-0.25, -0.2) is 0 Å². The summed E-state index contributed by atoms with van der Waals surface area (Å²) < 4.78 is 11.0. The summed E-state index contributed by atoms with van der Waals surface area (Å²) in [6, 6.07) is 3.05. The van der Waals surface area contributed by atoms with Crippen molar-refractivity contribution in [2.75, 3.05) is 25.6 Å². The van der Waals surface area contributed by atoms with E-state index in [2.05, 4.69) is 11.4 Å². The molecule has 6 nitrogen and oxygen atoms in total. The molecule has 6 heteroatoms. The van der Waals surface area contributed by atoms with Crippen LogP contribution in [-0.4, -0.2) is 48.4 Å². The topological polar surface area (TPSA) is 71.0 Å². The van der Waals surface area contributed by atoms with E-state index in [0.29, 0.717) is 24.4 Å². The van der Waals surface area contributed by atoms with Gasteiger partial charge in [0.05, 0.1) is 24.4 Å². The number of allylic oxidation sites excluding steroid dienone is 1.